The first-order valence-corrected chi connectivity index (χ1v) is 43.0. The molecule has 3 aromatic heterocycles. The summed E-state index contributed by atoms with van der Waals surface area (Å²) in [5.74, 6) is 2.02. The van der Waals surface area contributed by atoms with Gasteiger partial charge in [0.25, 0.3) is 0 Å². The van der Waals surface area contributed by atoms with Crippen LogP contribution in [-0.4, -0.2) is 307 Å². The van der Waals surface area contributed by atoms with E-state index in [0.717, 1.165) is 147 Å². The van der Waals surface area contributed by atoms with Gasteiger partial charge in [0.1, 0.15) is 53.9 Å². The number of aliphatic hydroxyl groups is 1. The van der Waals surface area contributed by atoms with E-state index in [1.165, 1.54) is 37.5 Å². The van der Waals surface area contributed by atoms with Crippen molar-refractivity contribution in [1.29, 1.82) is 0 Å². The Bertz CT molecular complexity index is 5280. The molecular weight excluding hydrogens is 1560 g/mol. The lowest BCUT2D eigenvalue weighted by Gasteiger charge is -2.38. The van der Waals surface area contributed by atoms with Crippen molar-refractivity contribution in [3.63, 3.8) is 0 Å². The molecule has 29 nitrogen and oxygen atoms in total. The van der Waals surface area contributed by atoms with Gasteiger partial charge in [-0.2, -0.15) is 29.9 Å². The van der Waals surface area contributed by atoms with Gasteiger partial charge in [0, 0.05) is 204 Å². The highest BCUT2D eigenvalue weighted by Crippen LogP contribution is 2.42. The van der Waals surface area contributed by atoms with Crippen molar-refractivity contribution in [3.8, 4) is 35.3 Å². The van der Waals surface area contributed by atoms with Crippen LogP contribution in [0.25, 0.3) is 32.3 Å². The zero-order valence-corrected chi connectivity index (χ0v) is 72.3. The number of carbonyl (C=O) groups excluding carboxylic acids is 3. The molecular formula is C93H118FN19O10. The van der Waals surface area contributed by atoms with Crippen molar-refractivity contribution in [2.24, 2.45) is 0 Å². The van der Waals surface area contributed by atoms with E-state index in [1.807, 2.05) is 138 Å². The van der Waals surface area contributed by atoms with E-state index >= 15 is 0 Å². The van der Waals surface area contributed by atoms with Gasteiger partial charge in [-0.25, -0.2) is 4.39 Å². The lowest BCUT2D eigenvalue weighted by atomic mass is 10.0. The second-order valence-electron chi connectivity index (χ2n) is 33.6. The van der Waals surface area contributed by atoms with Gasteiger partial charge in [-0.15, -0.1) is 0 Å². The third kappa shape index (κ3) is 21.5. The number of benzene rings is 6. The Morgan fingerprint density at radius 2 is 0.854 bits per heavy atom. The maximum atomic E-state index is 14.7. The van der Waals surface area contributed by atoms with E-state index in [-0.39, 0.29) is 59.8 Å². The molecule has 6 aromatic carbocycles. The fourth-order valence-corrected chi connectivity index (χ4v) is 17.6. The molecule has 0 bridgehead atoms. The number of ether oxygens (including phenoxy) is 3. The molecule has 652 valence electrons. The summed E-state index contributed by atoms with van der Waals surface area (Å²) in [7, 11) is 12.0. The smallest absolute Gasteiger partial charge is 0.318 e. The van der Waals surface area contributed by atoms with E-state index in [9.17, 15) is 39.2 Å². The first-order chi connectivity index (χ1) is 59.4. The third-order valence-electron chi connectivity index (χ3n) is 23.6. The summed E-state index contributed by atoms with van der Waals surface area (Å²) in [5, 5.41) is 47.3. The van der Waals surface area contributed by atoms with E-state index in [1.54, 1.807) is 40.1 Å². The van der Waals surface area contributed by atoms with Crippen molar-refractivity contribution in [1.82, 2.24) is 64.2 Å². The third-order valence-corrected chi connectivity index (χ3v) is 23.6. The molecule has 10 heterocycles. The molecule has 9 aromatic rings. The second kappa shape index (κ2) is 40.1. The summed E-state index contributed by atoms with van der Waals surface area (Å²) in [5.41, 5.74) is 8.65. The summed E-state index contributed by atoms with van der Waals surface area (Å²) in [6.45, 7) is 27.6. The van der Waals surface area contributed by atoms with Crippen LogP contribution in [0.15, 0.2) is 141 Å². The van der Waals surface area contributed by atoms with Crippen LogP contribution in [0.3, 0.4) is 0 Å². The molecule has 7 aliphatic heterocycles. The highest BCUT2D eigenvalue weighted by atomic mass is 19.1. The monoisotopic (exact) mass is 1680 g/mol. The Kier molecular flexibility index (Phi) is 28.6. The number of amides is 3. The van der Waals surface area contributed by atoms with Crippen LogP contribution in [-0.2, 0) is 53.3 Å². The van der Waals surface area contributed by atoms with Crippen LogP contribution < -0.4 is 43.6 Å². The predicted octanol–water partition coefficient (Wildman–Crippen LogP) is 9.15. The average molecular weight is 1680 g/mol. The minimum Gasteiger partial charge on any atom is -0.508 e. The number of hydrogen-bond acceptors (Lipinski definition) is 26. The van der Waals surface area contributed by atoms with Crippen LogP contribution in [0.5, 0.6) is 35.3 Å². The molecule has 0 saturated carbocycles. The number of hydrogen-bond donors (Lipinski definition) is 4. The van der Waals surface area contributed by atoms with E-state index in [2.05, 4.69) is 64.5 Å². The van der Waals surface area contributed by atoms with Crippen LogP contribution in [0.1, 0.15) is 66.9 Å². The SMILES string of the molecule is C=CC(=O)N1CCN(c2nc(OCC(O)CN3CCCCC3)nc3c2CCN(c2cc(O)cc4ccccc24)C3)CC1.C=CC(=O)N1CCN(c2nc(O[C@H](C)CN(C)C)nc3c2CCN(c2cc(O)c(F)c4ccccc24)C3)CC1.C[C@H](CN(C)C)Oc1nc2c(c(N3CCN(C(=O)/C=C/CN(C)C)CC3)n1)CCN(c1cc(O)cc3ccccc13)C2. The van der Waals surface area contributed by atoms with Gasteiger partial charge in [-0.1, -0.05) is 98.5 Å². The van der Waals surface area contributed by atoms with Crippen molar-refractivity contribution in [2.75, 3.05) is 216 Å². The van der Waals surface area contributed by atoms with Crippen molar-refractivity contribution in [2.45, 2.75) is 90.3 Å². The molecule has 7 aliphatic rings. The number of carbonyl (C=O) groups is 3. The van der Waals surface area contributed by atoms with Gasteiger partial charge in [0.05, 0.1) is 36.7 Å². The van der Waals surface area contributed by atoms with Gasteiger partial charge in [0.15, 0.2) is 11.6 Å². The normalized spacial score (nSPS) is 17.2. The number of aromatic nitrogens is 6. The Labute approximate surface area is 720 Å². The summed E-state index contributed by atoms with van der Waals surface area (Å²) >= 11 is 0. The number of piperidine rings is 1. The van der Waals surface area contributed by atoms with Gasteiger partial charge < -0.3 is 98.3 Å². The van der Waals surface area contributed by atoms with E-state index in [4.69, 9.17) is 44.1 Å². The number of β-amino-alcohol motifs (C(OH)–C–C–N with tert-alkyl or cyclic N) is 1. The number of likely N-dealkylation sites (tertiary alicyclic amines) is 1. The highest BCUT2D eigenvalue weighted by molar-refractivity contribution is 5.98. The Balaban J connectivity index is 0.000000151. The van der Waals surface area contributed by atoms with Crippen LogP contribution in [0, 0.1) is 5.82 Å². The number of nitrogens with zero attached hydrogens (tertiary/aromatic N) is 19. The first kappa shape index (κ1) is 87.6. The van der Waals surface area contributed by atoms with Crippen molar-refractivity contribution in [3.05, 3.63) is 180 Å². The number of aromatic hydroxyl groups is 3. The lowest BCUT2D eigenvalue weighted by molar-refractivity contribution is -0.127. The number of fused-ring (bicyclic) bond motifs is 6. The summed E-state index contributed by atoms with van der Waals surface area (Å²) in [6.07, 6.45) is 11.3. The standard InChI is InChI=1S/C32H43N7O3.C32H40N6O4.C29H35FN6O3/c1-23(21-36(4)5)42-32-33-28-22-39(29-20-25(40)19-24-9-6-7-10-26(24)29)14-12-27(28)31(34-32)38-17-15-37(16-18-38)30(41)11-8-13-35(2)3;1-2-30(41)36-14-16-37(17-15-36)31-27-10-13-38(29-19-24(39)18-23-8-4-5-9-26(23)29)21-28(27)33-32(34-31)42-22-25(40)20-35-11-6-3-7-12-35;1-5-26(38)34-12-14-35(15-13-34)28-22-10-11-36(18-23(22)31-29(32-28)39-19(2)17-33(3)4)24-16-25(37)27(30)21-9-7-6-8-20(21)24/h6-11,19-20,23,40H,12-18,21-22H2,1-5H3;2,4-5,8-9,18-19,25,39-40H,1,3,6-7,10-17,20-22H2;5-9,16,19,37H,1,10-15,17-18H2,2-4H3/b11-8+;;/t23-;;19-/m1.1/s1. The summed E-state index contributed by atoms with van der Waals surface area (Å²) < 4.78 is 33.1. The zero-order chi connectivity index (χ0) is 86.5. The summed E-state index contributed by atoms with van der Waals surface area (Å²) in [6, 6.07) is 33.1. The number of aliphatic hydroxyl groups excluding tert-OH is 1. The molecule has 123 heavy (non-hydrogen) atoms. The molecule has 4 saturated heterocycles. The van der Waals surface area contributed by atoms with Crippen LogP contribution >= 0.6 is 0 Å². The molecule has 4 fully saturated rings. The number of piperazine rings is 3. The topological polar surface area (TPSA) is 279 Å². The van der Waals surface area contributed by atoms with Gasteiger partial charge in [-0.3, -0.25) is 14.4 Å². The number of halogens is 1. The quantitative estimate of drug-likeness (QED) is 0.0410. The first-order valence-electron chi connectivity index (χ1n) is 43.0. The van der Waals surface area contributed by atoms with Gasteiger partial charge in [0.2, 0.25) is 17.7 Å². The number of likely N-dealkylation sites (N-methyl/N-ethyl adjacent to an activating group) is 3. The number of phenolic OH excluding ortho intramolecular Hbond substituents is 3. The molecule has 0 radical (unpaired) electrons. The maximum Gasteiger partial charge on any atom is 0.318 e. The molecule has 0 aliphatic carbocycles. The van der Waals surface area contributed by atoms with Crippen molar-refractivity contribution < 1.29 is 53.4 Å². The van der Waals surface area contributed by atoms with E-state index < -0.39 is 11.9 Å². The second-order valence-corrected chi connectivity index (χ2v) is 33.6. The van der Waals surface area contributed by atoms with Gasteiger partial charge >= 0.3 is 18.0 Å². The highest BCUT2D eigenvalue weighted by Gasteiger charge is 2.35. The Morgan fingerprint density at radius 3 is 1.28 bits per heavy atom. The fourth-order valence-electron chi connectivity index (χ4n) is 17.6. The van der Waals surface area contributed by atoms with Gasteiger partial charge in [-0.05, 0) is 136 Å². The minimum absolute atomic E-state index is 0.0525. The number of rotatable bonds is 24. The van der Waals surface area contributed by atoms with Crippen molar-refractivity contribution >= 4 is 84.6 Å². The van der Waals surface area contributed by atoms with E-state index in [0.29, 0.717) is 142 Å². The molecule has 16 rings (SSSR count). The molecule has 4 N–H and O–H groups in total. The summed E-state index contributed by atoms with van der Waals surface area (Å²) in [4.78, 5) is 93.6. The average Bonchev–Trinajstić information content (AvgIpc) is 0.763. The molecule has 3 atom stereocenters. The molecule has 1 unspecified atom stereocenters. The number of anilines is 6. The predicted molar refractivity (Wildman–Crippen MR) is 481 cm³/mol. The Morgan fingerprint density at radius 1 is 0.463 bits per heavy atom. The molecule has 3 amide bonds. The largest absolute Gasteiger partial charge is 0.508 e. The van der Waals surface area contributed by atoms with Crippen LogP contribution in [0.2, 0.25) is 0 Å². The number of phenols is 3. The zero-order valence-electron chi connectivity index (χ0n) is 72.3. The fraction of sp³-hybridized carbons (Fsp3) is 0.452. The molecule has 30 heteroatoms. The minimum atomic E-state index is -0.630. The van der Waals surface area contributed by atoms with Crippen LogP contribution in [0.4, 0.5) is 38.9 Å². The Hall–Kier alpha value is -11.7. The lowest BCUT2D eigenvalue weighted by Crippen LogP contribution is -2.49. The maximum absolute atomic E-state index is 14.7. The molecule has 0 spiro atoms.